The summed E-state index contributed by atoms with van der Waals surface area (Å²) in [5.41, 5.74) is -0.629. The fraction of sp³-hybridized carbons (Fsp3) is 0.300. The largest absolute Gasteiger partial charge is 0.417 e. The molecule has 10 heteroatoms. The van der Waals surface area contributed by atoms with Crippen LogP contribution in [0.5, 0.6) is 0 Å². The maximum atomic E-state index is 12.9. The Labute approximate surface area is 174 Å². The highest BCUT2D eigenvalue weighted by Crippen LogP contribution is 2.32. The number of amides is 2. The molecular weight excluding hydrogens is 423 g/mol. The van der Waals surface area contributed by atoms with Crippen LogP contribution in [0.1, 0.15) is 44.8 Å². The van der Waals surface area contributed by atoms with E-state index in [2.05, 4.69) is 10.1 Å². The van der Waals surface area contributed by atoms with Crippen LogP contribution >= 0.6 is 11.6 Å². The first-order valence-electron chi connectivity index (χ1n) is 9.13. The summed E-state index contributed by atoms with van der Waals surface area (Å²) < 4.78 is 38.8. The van der Waals surface area contributed by atoms with E-state index >= 15 is 0 Å². The molecule has 2 heterocycles. The van der Waals surface area contributed by atoms with Crippen molar-refractivity contribution >= 4 is 29.1 Å². The number of alkyl halides is 3. The van der Waals surface area contributed by atoms with Crippen molar-refractivity contribution in [3.63, 3.8) is 0 Å². The number of hydrogen-bond donors (Lipinski definition) is 0. The van der Waals surface area contributed by atoms with Gasteiger partial charge in [-0.05, 0) is 37.0 Å². The first-order chi connectivity index (χ1) is 14.3. The number of hydrogen-bond acceptors (Lipinski definition) is 5. The van der Waals surface area contributed by atoms with Gasteiger partial charge < -0.3 is 4.84 Å². The molecule has 2 amide bonds. The highest BCUT2D eigenvalue weighted by Gasteiger charge is 2.37. The molecule has 0 bridgehead atoms. The second-order valence-corrected chi connectivity index (χ2v) is 7.48. The van der Waals surface area contributed by atoms with E-state index in [-0.39, 0.29) is 34.1 Å². The van der Waals surface area contributed by atoms with Crippen molar-refractivity contribution < 1.29 is 27.6 Å². The second kappa shape index (κ2) is 7.71. The summed E-state index contributed by atoms with van der Waals surface area (Å²) >= 11 is 6.04. The van der Waals surface area contributed by atoms with Crippen molar-refractivity contribution in [1.29, 1.82) is 0 Å². The summed E-state index contributed by atoms with van der Waals surface area (Å²) in [7, 11) is 0. The number of nitrogens with zero attached hydrogens (tertiary/aromatic N) is 3. The first kappa shape index (κ1) is 20.3. The maximum absolute atomic E-state index is 12.9. The average molecular weight is 438 g/mol. The molecule has 0 radical (unpaired) electrons. The highest BCUT2D eigenvalue weighted by molar-refractivity contribution is 6.34. The van der Waals surface area contributed by atoms with Crippen molar-refractivity contribution in [1.82, 2.24) is 9.88 Å². The van der Waals surface area contributed by atoms with Crippen LogP contribution in [-0.4, -0.2) is 40.6 Å². The Morgan fingerprint density at radius 1 is 1.20 bits per heavy atom. The van der Waals surface area contributed by atoms with Gasteiger partial charge in [0.1, 0.15) is 18.0 Å². The van der Waals surface area contributed by atoms with E-state index < -0.39 is 23.6 Å². The lowest BCUT2D eigenvalue weighted by atomic mass is 10.1. The average Bonchev–Trinajstić information content (AvgIpc) is 3.50. The Hall–Kier alpha value is -2.94. The number of carbonyl (C=O) groups is 2. The lowest BCUT2D eigenvalue weighted by Gasteiger charge is -2.16. The van der Waals surface area contributed by atoms with Crippen molar-refractivity contribution in [3.8, 4) is 0 Å². The minimum Gasteiger partial charge on any atom is -0.395 e. The number of aromatic nitrogens is 1. The third-order valence-corrected chi connectivity index (χ3v) is 5.10. The molecule has 0 atom stereocenters. The summed E-state index contributed by atoms with van der Waals surface area (Å²) in [5, 5.41) is 3.65. The standard InChI is InChI=1S/C20H15ClF3N3O3/c21-15-7-12(20(22,23)24)8-25-17(15)16(26-30-10-11-5-6-11)9-27-18(28)13-3-1-2-4-14(13)19(27)29/h1-4,7-8,11H,5-6,9-10H2/b26-16-. The fourth-order valence-corrected chi connectivity index (χ4v) is 3.27. The zero-order valence-electron chi connectivity index (χ0n) is 15.4. The van der Waals surface area contributed by atoms with Gasteiger partial charge >= 0.3 is 6.18 Å². The molecule has 30 heavy (non-hydrogen) atoms. The van der Waals surface area contributed by atoms with Crippen LogP contribution in [0, 0.1) is 5.92 Å². The predicted octanol–water partition coefficient (Wildman–Crippen LogP) is 4.18. The van der Waals surface area contributed by atoms with E-state index in [1.165, 1.54) is 12.1 Å². The molecule has 2 aromatic rings. The second-order valence-electron chi connectivity index (χ2n) is 7.07. The van der Waals surface area contributed by atoms with Gasteiger partial charge in [-0.15, -0.1) is 0 Å². The molecule has 1 aromatic carbocycles. The van der Waals surface area contributed by atoms with Crippen molar-refractivity contribution in [2.24, 2.45) is 11.1 Å². The van der Waals surface area contributed by atoms with Gasteiger partial charge in [0.05, 0.1) is 28.3 Å². The number of benzene rings is 1. The molecule has 1 aliphatic heterocycles. The Morgan fingerprint density at radius 2 is 1.83 bits per heavy atom. The number of halogens is 4. The summed E-state index contributed by atoms with van der Waals surface area (Å²) in [6, 6.07) is 7.05. The Morgan fingerprint density at radius 3 is 2.37 bits per heavy atom. The predicted molar refractivity (Wildman–Crippen MR) is 101 cm³/mol. The van der Waals surface area contributed by atoms with Crippen LogP contribution in [0.15, 0.2) is 41.7 Å². The van der Waals surface area contributed by atoms with Gasteiger partial charge in [0.2, 0.25) is 0 Å². The molecule has 156 valence electrons. The lowest BCUT2D eigenvalue weighted by Crippen LogP contribution is -2.35. The van der Waals surface area contributed by atoms with Gasteiger partial charge in [-0.2, -0.15) is 13.2 Å². The third-order valence-electron chi connectivity index (χ3n) is 4.81. The summed E-state index contributed by atoms with van der Waals surface area (Å²) in [6.07, 6.45) is -1.98. The van der Waals surface area contributed by atoms with Gasteiger partial charge in [0.25, 0.3) is 11.8 Å². The lowest BCUT2D eigenvalue weighted by molar-refractivity contribution is -0.137. The number of oxime groups is 1. The Kier molecular flexibility index (Phi) is 5.23. The molecule has 6 nitrogen and oxygen atoms in total. The third kappa shape index (κ3) is 4.02. The zero-order valence-corrected chi connectivity index (χ0v) is 16.2. The van der Waals surface area contributed by atoms with E-state index in [0.29, 0.717) is 18.7 Å². The zero-order chi connectivity index (χ0) is 21.5. The molecule has 1 aromatic heterocycles. The monoisotopic (exact) mass is 437 g/mol. The normalized spacial score (nSPS) is 16.8. The Balaban J connectivity index is 1.64. The quantitative estimate of drug-likeness (QED) is 0.386. The summed E-state index contributed by atoms with van der Waals surface area (Å²) in [4.78, 5) is 35.3. The van der Waals surface area contributed by atoms with Crippen LogP contribution in [0.3, 0.4) is 0 Å². The van der Waals surface area contributed by atoms with Gasteiger partial charge in [0, 0.05) is 6.20 Å². The molecule has 4 rings (SSSR count). The van der Waals surface area contributed by atoms with Crippen LogP contribution in [0.25, 0.3) is 0 Å². The van der Waals surface area contributed by atoms with E-state index in [1.54, 1.807) is 12.1 Å². The molecule has 0 saturated heterocycles. The van der Waals surface area contributed by atoms with Crippen LogP contribution in [0.4, 0.5) is 13.2 Å². The van der Waals surface area contributed by atoms with Crippen molar-refractivity contribution in [2.45, 2.75) is 19.0 Å². The summed E-state index contributed by atoms with van der Waals surface area (Å²) in [6.45, 7) is -0.0149. The number of imide groups is 1. The molecular formula is C20H15ClF3N3O3. The topological polar surface area (TPSA) is 71.9 Å². The minimum atomic E-state index is -4.61. The highest BCUT2D eigenvalue weighted by atomic mass is 35.5. The van der Waals surface area contributed by atoms with Crippen molar-refractivity contribution in [2.75, 3.05) is 13.2 Å². The fourth-order valence-electron chi connectivity index (χ4n) is 2.99. The smallest absolute Gasteiger partial charge is 0.395 e. The molecule has 0 unspecified atom stereocenters. The molecule has 2 aliphatic rings. The van der Waals surface area contributed by atoms with Gasteiger partial charge in [-0.1, -0.05) is 28.9 Å². The molecule has 1 fully saturated rings. The number of fused-ring (bicyclic) bond motifs is 1. The molecule has 1 saturated carbocycles. The van der Waals surface area contributed by atoms with E-state index in [9.17, 15) is 22.8 Å². The first-order valence-corrected chi connectivity index (χ1v) is 9.50. The van der Waals surface area contributed by atoms with E-state index in [0.717, 1.165) is 23.8 Å². The van der Waals surface area contributed by atoms with Gasteiger partial charge in [-0.3, -0.25) is 19.5 Å². The molecule has 1 aliphatic carbocycles. The van der Waals surface area contributed by atoms with Crippen LogP contribution in [-0.2, 0) is 11.0 Å². The van der Waals surface area contributed by atoms with E-state index in [4.69, 9.17) is 16.4 Å². The number of carbonyl (C=O) groups excluding carboxylic acids is 2. The van der Waals surface area contributed by atoms with Gasteiger partial charge in [0.15, 0.2) is 0 Å². The van der Waals surface area contributed by atoms with E-state index in [1.807, 2.05) is 0 Å². The SMILES string of the molecule is O=C1c2ccccc2C(=O)N1C/C(=N/OCC1CC1)c1ncc(C(F)(F)F)cc1Cl. The Bertz CT molecular complexity index is 1020. The maximum Gasteiger partial charge on any atom is 0.417 e. The number of rotatable bonds is 6. The van der Waals surface area contributed by atoms with Gasteiger partial charge in [-0.25, -0.2) is 0 Å². The minimum absolute atomic E-state index is 0.0103. The van der Waals surface area contributed by atoms with Crippen LogP contribution < -0.4 is 0 Å². The summed E-state index contributed by atoms with van der Waals surface area (Å²) in [5.74, 6) is -0.701. The molecule has 0 spiro atoms. The molecule has 0 N–H and O–H groups in total. The number of pyridine rings is 1. The van der Waals surface area contributed by atoms with Crippen LogP contribution in [0.2, 0.25) is 5.02 Å². The van der Waals surface area contributed by atoms with Crippen molar-refractivity contribution in [3.05, 3.63) is 63.9 Å².